The smallest absolute Gasteiger partial charge is 0.322 e. The Hall–Kier alpha value is -0.870. The molecule has 0 aromatic rings. The maximum Gasteiger partial charge on any atom is 0.322 e. The molecule has 1 rings (SSSR count). The van der Waals surface area contributed by atoms with E-state index in [1.807, 2.05) is 0 Å². The third-order valence-electron chi connectivity index (χ3n) is 2.27. The topological polar surface area (TPSA) is 58.6 Å². The molecular weight excluding hydrogens is 170 g/mol. The standard InChI is InChI=1S/C9H15NO3/c1-3-4-9(12)5-7(10-6-9)8(11)13-2/h3,7,10,12H,1,4-6H2,2H3/t7-,9?/m0/s1. The van der Waals surface area contributed by atoms with Gasteiger partial charge in [0.1, 0.15) is 6.04 Å². The Labute approximate surface area is 77.6 Å². The molecule has 0 bridgehead atoms. The van der Waals surface area contributed by atoms with E-state index in [9.17, 15) is 9.90 Å². The summed E-state index contributed by atoms with van der Waals surface area (Å²) in [5.74, 6) is -0.319. The van der Waals surface area contributed by atoms with Crippen molar-refractivity contribution in [1.29, 1.82) is 0 Å². The van der Waals surface area contributed by atoms with Crippen LogP contribution in [0.2, 0.25) is 0 Å². The van der Waals surface area contributed by atoms with Gasteiger partial charge in [-0.25, -0.2) is 0 Å². The van der Waals surface area contributed by atoms with Gasteiger partial charge in [-0.3, -0.25) is 4.79 Å². The summed E-state index contributed by atoms with van der Waals surface area (Å²) in [5.41, 5.74) is -0.833. The first-order valence-corrected chi connectivity index (χ1v) is 4.26. The second-order valence-electron chi connectivity index (χ2n) is 3.38. The summed E-state index contributed by atoms with van der Waals surface area (Å²) < 4.78 is 4.57. The number of aliphatic hydroxyl groups is 1. The number of rotatable bonds is 3. The van der Waals surface area contributed by atoms with Gasteiger partial charge < -0.3 is 15.2 Å². The highest BCUT2D eigenvalue weighted by Crippen LogP contribution is 2.23. The zero-order chi connectivity index (χ0) is 9.90. The minimum atomic E-state index is -0.833. The van der Waals surface area contributed by atoms with Gasteiger partial charge in [0.25, 0.3) is 0 Å². The van der Waals surface area contributed by atoms with E-state index >= 15 is 0 Å². The van der Waals surface area contributed by atoms with Crippen LogP contribution in [0.15, 0.2) is 12.7 Å². The Morgan fingerprint density at radius 3 is 3.15 bits per heavy atom. The van der Waals surface area contributed by atoms with Gasteiger partial charge in [-0.15, -0.1) is 6.58 Å². The van der Waals surface area contributed by atoms with E-state index in [2.05, 4.69) is 16.6 Å². The minimum Gasteiger partial charge on any atom is -0.468 e. The average molecular weight is 185 g/mol. The number of β-amino-alcohol motifs (C(OH)–C–C–N with tert-alkyl or cyclic N) is 1. The van der Waals surface area contributed by atoms with Crippen molar-refractivity contribution in [3.05, 3.63) is 12.7 Å². The van der Waals surface area contributed by atoms with Crippen molar-refractivity contribution < 1.29 is 14.6 Å². The molecule has 2 N–H and O–H groups in total. The number of carbonyl (C=O) groups is 1. The summed E-state index contributed by atoms with van der Waals surface area (Å²) in [4.78, 5) is 11.1. The molecular formula is C9H15NO3. The average Bonchev–Trinajstić information content (AvgIpc) is 2.47. The van der Waals surface area contributed by atoms with Gasteiger partial charge in [0.15, 0.2) is 0 Å². The first kappa shape index (κ1) is 10.2. The zero-order valence-corrected chi connectivity index (χ0v) is 7.75. The summed E-state index contributed by atoms with van der Waals surface area (Å²) >= 11 is 0. The Kier molecular flexibility index (Phi) is 3.06. The molecule has 13 heavy (non-hydrogen) atoms. The van der Waals surface area contributed by atoms with Crippen LogP contribution < -0.4 is 5.32 Å². The fourth-order valence-corrected chi connectivity index (χ4v) is 1.57. The van der Waals surface area contributed by atoms with Crippen LogP contribution in [0.25, 0.3) is 0 Å². The third kappa shape index (κ3) is 2.29. The Morgan fingerprint density at radius 2 is 2.62 bits per heavy atom. The van der Waals surface area contributed by atoms with E-state index in [1.165, 1.54) is 7.11 Å². The van der Waals surface area contributed by atoms with Crippen LogP contribution in [-0.4, -0.2) is 36.4 Å². The summed E-state index contributed by atoms with van der Waals surface area (Å²) in [5, 5.41) is 12.8. The lowest BCUT2D eigenvalue weighted by Gasteiger charge is -2.18. The number of esters is 1. The van der Waals surface area contributed by atoms with Gasteiger partial charge in [0, 0.05) is 13.0 Å². The van der Waals surface area contributed by atoms with Crippen molar-refractivity contribution in [2.75, 3.05) is 13.7 Å². The highest BCUT2D eigenvalue weighted by Gasteiger charge is 2.39. The third-order valence-corrected chi connectivity index (χ3v) is 2.27. The summed E-state index contributed by atoms with van der Waals surface area (Å²) in [6.45, 7) is 3.97. The van der Waals surface area contributed by atoms with Crippen LogP contribution in [0.1, 0.15) is 12.8 Å². The van der Waals surface area contributed by atoms with E-state index in [-0.39, 0.29) is 12.0 Å². The van der Waals surface area contributed by atoms with Gasteiger partial charge in [0.05, 0.1) is 12.7 Å². The maximum atomic E-state index is 11.1. The van der Waals surface area contributed by atoms with Gasteiger partial charge in [-0.05, 0) is 6.42 Å². The fourth-order valence-electron chi connectivity index (χ4n) is 1.57. The molecule has 0 aromatic heterocycles. The van der Waals surface area contributed by atoms with Crippen LogP contribution in [0.4, 0.5) is 0 Å². The first-order valence-electron chi connectivity index (χ1n) is 4.26. The second-order valence-corrected chi connectivity index (χ2v) is 3.38. The maximum absolute atomic E-state index is 11.1. The molecule has 1 saturated heterocycles. The molecule has 1 heterocycles. The Balaban J connectivity index is 2.52. The van der Waals surface area contributed by atoms with Gasteiger partial charge in [-0.1, -0.05) is 6.08 Å². The molecule has 74 valence electrons. The van der Waals surface area contributed by atoms with Crippen molar-refractivity contribution in [2.45, 2.75) is 24.5 Å². The van der Waals surface area contributed by atoms with Crippen molar-refractivity contribution in [1.82, 2.24) is 5.32 Å². The van der Waals surface area contributed by atoms with Crippen molar-refractivity contribution >= 4 is 5.97 Å². The van der Waals surface area contributed by atoms with Crippen LogP contribution in [0.5, 0.6) is 0 Å². The zero-order valence-electron chi connectivity index (χ0n) is 7.75. The lowest BCUT2D eigenvalue weighted by atomic mass is 9.96. The molecule has 1 fully saturated rings. The Bertz CT molecular complexity index is 217. The Morgan fingerprint density at radius 1 is 1.92 bits per heavy atom. The monoisotopic (exact) mass is 185 g/mol. The second kappa shape index (κ2) is 3.89. The van der Waals surface area contributed by atoms with E-state index in [0.717, 1.165) is 0 Å². The molecule has 4 nitrogen and oxygen atoms in total. The van der Waals surface area contributed by atoms with Crippen molar-refractivity contribution in [2.24, 2.45) is 0 Å². The van der Waals surface area contributed by atoms with E-state index in [4.69, 9.17) is 0 Å². The molecule has 0 spiro atoms. The van der Waals surface area contributed by atoms with Crippen molar-refractivity contribution in [3.8, 4) is 0 Å². The number of nitrogens with one attached hydrogen (secondary N) is 1. The number of carbonyl (C=O) groups excluding carboxylic acids is 1. The summed E-state index contributed by atoms with van der Waals surface area (Å²) in [6.07, 6.45) is 2.54. The number of methoxy groups -OCH3 is 1. The van der Waals surface area contributed by atoms with Crippen LogP contribution in [-0.2, 0) is 9.53 Å². The SMILES string of the molecule is C=CCC1(O)CN[C@H](C(=O)OC)C1. The summed E-state index contributed by atoms with van der Waals surface area (Å²) in [7, 11) is 1.34. The van der Waals surface area contributed by atoms with E-state index in [1.54, 1.807) is 6.08 Å². The first-order chi connectivity index (χ1) is 6.11. The number of hydrogen-bond acceptors (Lipinski definition) is 4. The number of ether oxygens (including phenoxy) is 1. The normalized spacial score (nSPS) is 32.9. The molecule has 0 radical (unpaired) electrons. The van der Waals surface area contributed by atoms with Crippen molar-refractivity contribution in [3.63, 3.8) is 0 Å². The van der Waals surface area contributed by atoms with E-state index < -0.39 is 5.60 Å². The van der Waals surface area contributed by atoms with Gasteiger partial charge >= 0.3 is 5.97 Å². The van der Waals surface area contributed by atoms with Crippen LogP contribution >= 0.6 is 0 Å². The fraction of sp³-hybridized carbons (Fsp3) is 0.667. The largest absolute Gasteiger partial charge is 0.468 e. The predicted molar refractivity (Wildman–Crippen MR) is 48.2 cm³/mol. The van der Waals surface area contributed by atoms with Crippen LogP contribution in [0, 0.1) is 0 Å². The lowest BCUT2D eigenvalue weighted by molar-refractivity contribution is -0.143. The molecule has 1 aliphatic heterocycles. The molecule has 0 saturated carbocycles. The molecule has 2 atom stereocenters. The molecule has 0 aromatic carbocycles. The quantitative estimate of drug-likeness (QED) is 0.473. The highest BCUT2D eigenvalue weighted by atomic mass is 16.5. The molecule has 0 amide bonds. The van der Waals surface area contributed by atoms with Crippen LogP contribution in [0.3, 0.4) is 0 Å². The minimum absolute atomic E-state index is 0.319. The summed E-state index contributed by atoms with van der Waals surface area (Å²) in [6, 6.07) is -0.380. The van der Waals surface area contributed by atoms with Gasteiger partial charge in [0.2, 0.25) is 0 Å². The van der Waals surface area contributed by atoms with Gasteiger partial charge in [-0.2, -0.15) is 0 Å². The lowest BCUT2D eigenvalue weighted by Crippen LogP contribution is -2.31. The molecule has 1 unspecified atom stereocenters. The predicted octanol–water partition coefficient (Wildman–Crippen LogP) is -0.172. The highest BCUT2D eigenvalue weighted by molar-refractivity contribution is 5.76. The number of hydrogen-bond donors (Lipinski definition) is 2. The molecule has 4 heteroatoms. The molecule has 0 aliphatic carbocycles. The molecule has 1 aliphatic rings. The van der Waals surface area contributed by atoms with E-state index in [0.29, 0.717) is 19.4 Å².